The zero-order chi connectivity index (χ0) is 15.3. The number of aryl methyl sites for hydroxylation is 1. The minimum Gasteiger partial charge on any atom is -0.357 e. The van der Waals surface area contributed by atoms with Gasteiger partial charge in [0, 0.05) is 23.4 Å². The molecule has 1 unspecified atom stereocenters. The van der Waals surface area contributed by atoms with Gasteiger partial charge < -0.3 is 10.7 Å². The van der Waals surface area contributed by atoms with Gasteiger partial charge in [-0.2, -0.15) is 0 Å². The number of hydrogen-bond acceptors (Lipinski definition) is 4. The number of aromatic nitrogens is 4. The Morgan fingerprint density at radius 2 is 2.00 bits per heavy atom. The number of hydrogen-bond donors (Lipinski definition) is 2. The maximum Gasteiger partial charge on any atom is 0.224 e. The molecule has 0 saturated carbocycles. The lowest BCUT2D eigenvalue weighted by Crippen LogP contribution is -2.27. The van der Waals surface area contributed by atoms with Gasteiger partial charge in [-0.05, 0) is 43.0 Å². The Balaban J connectivity index is 1.88. The van der Waals surface area contributed by atoms with E-state index in [1.54, 1.807) is 6.07 Å². The molecule has 0 aromatic carbocycles. The SMILES string of the molecule is NC1CCc2[nH]c3ccc(-c4cc(Cl)nc(Cl)n4)nc3c2C1. The van der Waals surface area contributed by atoms with Crippen LogP contribution in [-0.4, -0.2) is 26.0 Å². The molecule has 5 nitrogen and oxygen atoms in total. The molecule has 0 radical (unpaired) electrons. The third kappa shape index (κ3) is 2.35. The van der Waals surface area contributed by atoms with Crippen LogP contribution in [0.2, 0.25) is 10.4 Å². The van der Waals surface area contributed by atoms with Crippen molar-refractivity contribution in [1.29, 1.82) is 0 Å². The molecule has 7 heteroatoms. The molecule has 1 aliphatic carbocycles. The van der Waals surface area contributed by atoms with E-state index in [-0.39, 0.29) is 11.3 Å². The molecule has 0 amide bonds. The van der Waals surface area contributed by atoms with E-state index in [1.807, 2.05) is 12.1 Å². The molecule has 3 aromatic rings. The standard InChI is InChI=1S/C15H13Cl2N5/c16-13-6-12(21-15(17)22-13)10-3-4-11-14(20-10)8-5-7(18)1-2-9(8)19-11/h3-4,6-7,19H,1-2,5,18H2. The van der Waals surface area contributed by atoms with Gasteiger partial charge in [0.2, 0.25) is 5.28 Å². The second-order valence-corrected chi connectivity index (χ2v) is 6.25. The number of aromatic amines is 1. The number of halogens is 2. The fourth-order valence-corrected chi connectivity index (χ4v) is 3.37. The molecule has 22 heavy (non-hydrogen) atoms. The first kappa shape index (κ1) is 13.9. The number of pyridine rings is 1. The molecule has 1 aliphatic rings. The fourth-order valence-electron chi connectivity index (χ4n) is 2.96. The lowest BCUT2D eigenvalue weighted by atomic mass is 9.93. The van der Waals surface area contributed by atoms with E-state index in [0.29, 0.717) is 10.8 Å². The Morgan fingerprint density at radius 1 is 1.14 bits per heavy atom. The predicted octanol–water partition coefficient (Wildman–Crippen LogP) is 3.14. The molecule has 3 N–H and O–H groups in total. The van der Waals surface area contributed by atoms with Crippen molar-refractivity contribution in [3.8, 4) is 11.4 Å². The first-order valence-corrected chi connectivity index (χ1v) is 7.82. The van der Waals surface area contributed by atoms with E-state index in [9.17, 15) is 0 Å². The number of nitrogens with two attached hydrogens (primary N) is 1. The van der Waals surface area contributed by atoms with E-state index in [4.69, 9.17) is 33.9 Å². The summed E-state index contributed by atoms with van der Waals surface area (Å²) >= 11 is 11.8. The summed E-state index contributed by atoms with van der Waals surface area (Å²) in [5.74, 6) is 0. The van der Waals surface area contributed by atoms with Crippen molar-refractivity contribution < 1.29 is 0 Å². The predicted molar refractivity (Wildman–Crippen MR) is 87.1 cm³/mol. The molecule has 112 valence electrons. The van der Waals surface area contributed by atoms with Crippen LogP contribution in [0.5, 0.6) is 0 Å². The van der Waals surface area contributed by atoms with Crippen molar-refractivity contribution >= 4 is 34.2 Å². The van der Waals surface area contributed by atoms with Crippen molar-refractivity contribution in [3.05, 3.63) is 39.9 Å². The molecule has 0 aliphatic heterocycles. The van der Waals surface area contributed by atoms with E-state index in [0.717, 1.165) is 36.0 Å². The average molecular weight is 334 g/mol. The maximum atomic E-state index is 6.09. The number of fused-ring (bicyclic) bond motifs is 3. The van der Waals surface area contributed by atoms with Gasteiger partial charge in [0.05, 0.1) is 22.4 Å². The number of nitrogens with one attached hydrogen (secondary N) is 1. The third-order valence-electron chi connectivity index (χ3n) is 3.99. The summed E-state index contributed by atoms with van der Waals surface area (Å²) in [4.78, 5) is 16.2. The summed E-state index contributed by atoms with van der Waals surface area (Å²) in [6.07, 6.45) is 2.81. The zero-order valence-corrected chi connectivity index (χ0v) is 13.1. The Morgan fingerprint density at radius 3 is 2.82 bits per heavy atom. The van der Waals surface area contributed by atoms with Crippen molar-refractivity contribution in [1.82, 2.24) is 19.9 Å². The van der Waals surface area contributed by atoms with Crippen molar-refractivity contribution in [2.24, 2.45) is 5.73 Å². The molecule has 0 fully saturated rings. The number of nitrogens with zero attached hydrogens (tertiary/aromatic N) is 3. The van der Waals surface area contributed by atoms with Crippen LogP contribution < -0.4 is 5.73 Å². The number of rotatable bonds is 1. The second kappa shape index (κ2) is 5.19. The van der Waals surface area contributed by atoms with Crippen molar-refractivity contribution in [3.63, 3.8) is 0 Å². The highest BCUT2D eigenvalue weighted by molar-refractivity contribution is 6.32. The molecule has 3 heterocycles. The van der Waals surface area contributed by atoms with Crippen LogP contribution >= 0.6 is 23.2 Å². The summed E-state index contributed by atoms with van der Waals surface area (Å²) in [7, 11) is 0. The largest absolute Gasteiger partial charge is 0.357 e. The smallest absolute Gasteiger partial charge is 0.224 e. The highest BCUT2D eigenvalue weighted by Gasteiger charge is 2.21. The van der Waals surface area contributed by atoms with Gasteiger partial charge in [-0.1, -0.05) is 11.6 Å². The summed E-state index contributed by atoms with van der Waals surface area (Å²) in [5, 5.41) is 0.414. The van der Waals surface area contributed by atoms with Gasteiger partial charge in [-0.25, -0.2) is 15.0 Å². The number of H-pyrrole nitrogens is 1. The van der Waals surface area contributed by atoms with Crippen LogP contribution in [0.1, 0.15) is 17.7 Å². The molecule has 1 atom stereocenters. The first-order valence-electron chi connectivity index (χ1n) is 7.06. The summed E-state index contributed by atoms with van der Waals surface area (Å²) in [5.41, 5.74) is 11.8. The average Bonchev–Trinajstić information content (AvgIpc) is 2.83. The third-order valence-corrected chi connectivity index (χ3v) is 4.36. The maximum absolute atomic E-state index is 6.09. The van der Waals surface area contributed by atoms with E-state index >= 15 is 0 Å². The highest BCUT2D eigenvalue weighted by Crippen LogP contribution is 2.29. The lowest BCUT2D eigenvalue weighted by molar-refractivity contribution is 0.573. The Labute approximate surface area is 136 Å². The van der Waals surface area contributed by atoms with Gasteiger partial charge in [-0.15, -0.1) is 0 Å². The van der Waals surface area contributed by atoms with Crippen LogP contribution in [0.4, 0.5) is 0 Å². The van der Waals surface area contributed by atoms with Gasteiger partial charge in [-0.3, -0.25) is 0 Å². The summed E-state index contributed by atoms with van der Waals surface area (Å²) in [6.45, 7) is 0. The Kier molecular flexibility index (Phi) is 3.29. The lowest BCUT2D eigenvalue weighted by Gasteiger charge is -2.17. The van der Waals surface area contributed by atoms with E-state index in [1.165, 1.54) is 11.3 Å². The quantitative estimate of drug-likeness (QED) is 0.529. The van der Waals surface area contributed by atoms with Gasteiger partial charge >= 0.3 is 0 Å². The molecule has 0 spiro atoms. The van der Waals surface area contributed by atoms with Crippen molar-refractivity contribution in [2.45, 2.75) is 25.3 Å². The van der Waals surface area contributed by atoms with Gasteiger partial charge in [0.25, 0.3) is 0 Å². The molecule has 3 aromatic heterocycles. The Bertz CT molecular complexity index is 853. The summed E-state index contributed by atoms with van der Waals surface area (Å²) < 4.78 is 0. The van der Waals surface area contributed by atoms with Crippen LogP contribution in [0, 0.1) is 0 Å². The molecule has 4 rings (SSSR count). The molecular weight excluding hydrogens is 321 g/mol. The highest BCUT2D eigenvalue weighted by atomic mass is 35.5. The zero-order valence-electron chi connectivity index (χ0n) is 11.6. The van der Waals surface area contributed by atoms with Crippen LogP contribution in [0.25, 0.3) is 22.4 Å². The minimum atomic E-state index is 0.113. The topological polar surface area (TPSA) is 80.5 Å². The van der Waals surface area contributed by atoms with E-state index in [2.05, 4.69) is 15.0 Å². The van der Waals surface area contributed by atoms with Gasteiger partial charge in [0.15, 0.2) is 0 Å². The second-order valence-electron chi connectivity index (χ2n) is 5.52. The normalized spacial score (nSPS) is 17.7. The monoisotopic (exact) mass is 333 g/mol. The summed E-state index contributed by atoms with van der Waals surface area (Å²) in [6, 6.07) is 5.76. The fraction of sp³-hybridized carbons (Fsp3) is 0.267. The van der Waals surface area contributed by atoms with Gasteiger partial charge in [0.1, 0.15) is 5.15 Å². The van der Waals surface area contributed by atoms with E-state index < -0.39 is 0 Å². The van der Waals surface area contributed by atoms with Crippen molar-refractivity contribution in [2.75, 3.05) is 0 Å². The molecule has 0 saturated heterocycles. The molecular formula is C15H13Cl2N5. The minimum absolute atomic E-state index is 0.113. The molecule has 0 bridgehead atoms. The first-order chi connectivity index (χ1) is 10.6. The van der Waals surface area contributed by atoms with Crippen LogP contribution in [0.3, 0.4) is 0 Å². The van der Waals surface area contributed by atoms with Crippen LogP contribution in [-0.2, 0) is 12.8 Å². The van der Waals surface area contributed by atoms with Crippen LogP contribution in [0.15, 0.2) is 18.2 Å². The Hall–Kier alpha value is -1.69.